The smallest absolute Gasteiger partial charge is 0.361 e. The Morgan fingerprint density at radius 3 is 1.07 bits per heavy atom. The van der Waals surface area contributed by atoms with E-state index in [1.807, 2.05) is 21.1 Å². The molecule has 0 rings (SSSR count). The van der Waals surface area contributed by atoms with E-state index < -0.39 is 18.4 Å². The van der Waals surface area contributed by atoms with Crippen molar-refractivity contribution in [3.63, 3.8) is 0 Å². The minimum Gasteiger partial charge on any atom is -0.477 e. The number of quaternary nitrogens is 1. The molecule has 0 fully saturated rings. The predicted molar refractivity (Wildman–Crippen MR) is 318 cm³/mol. The van der Waals surface area contributed by atoms with Gasteiger partial charge in [-0.15, -0.1) is 0 Å². The van der Waals surface area contributed by atoms with E-state index in [0.29, 0.717) is 17.4 Å². The van der Waals surface area contributed by atoms with E-state index >= 15 is 0 Å². The molecule has 0 aliphatic heterocycles. The summed E-state index contributed by atoms with van der Waals surface area (Å²) in [6.07, 6.45) is 68.6. The fourth-order valence-corrected chi connectivity index (χ4v) is 9.44. The molecule has 0 saturated carbocycles. The Morgan fingerprint density at radius 1 is 0.400 bits per heavy atom. The van der Waals surface area contributed by atoms with E-state index in [-0.39, 0.29) is 38.2 Å². The number of hydrogen-bond donors (Lipinski definition) is 1. The van der Waals surface area contributed by atoms with Crippen LogP contribution in [0.5, 0.6) is 0 Å². The van der Waals surface area contributed by atoms with Crippen LogP contribution in [0.2, 0.25) is 0 Å². The molecule has 0 aromatic carbocycles. The second-order valence-corrected chi connectivity index (χ2v) is 23.1. The zero-order chi connectivity index (χ0) is 54.8. The second-order valence-electron chi connectivity index (χ2n) is 23.1. The number of unbranched alkanes of at least 4 members (excludes halogenated alkanes) is 39. The highest BCUT2D eigenvalue weighted by atomic mass is 16.7. The summed E-state index contributed by atoms with van der Waals surface area (Å²) in [6.45, 7) is 4.87. The highest BCUT2D eigenvalue weighted by molar-refractivity contribution is 5.71. The number of esters is 2. The van der Waals surface area contributed by atoms with E-state index in [2.05, 4.69) is 50.3 Å². The third-order valence-electron chi connectivity index (χ3n) is 14.4. The molecule has 440 valence electrons. The van der Waals surface area contributed by atoms with E-state index in [9.17, 15) is 19.5 Å². The molecule has 9 heteroatoms. The van der Waals surface area contributed by atoms with Crippen molar-refractivity contribution < 1.29 is 42.9 Å². The molecule has 0 bridgehead atoms. The average molecular weight is 1060 g/mol. The number of hydrogen-bond acceptors (Lipinski definition) is 7. The van der Waals surface area contributed by atoms with Crippen molar-refractivity contribution in [3.8, 4) is 0 Å². The molecule has 75 heavy (non-hydrogen) atoms. The van der Waals surface area contributed by atoms with Crippen LogP contribution in [-0.4, -0.2) is 87.4 Å². The molecule has 0 heterocycles. The number of ether oxygens (including phenoxy) is 4. The predicted octanol–water partition coefficient (Wildman–Crippen LogP) is 19.2. The fourth-order valence-electron chi connectivity index (χ4n) is 9.44. The van der Waals surface area contributed by atoms with Crippen LogP contribution in [0.15, 0.2) is 36.5 Å². The Kier molecular flexibility index (Phi) is 55.8. The summed E-state index contributed by atoms with van der Waals surface area (Å²) in [5.41, 5.74) is 0. The highest BCUT2D eigenvalue weighted by Crippen LogP contribution is 2.18. The van der Waals surface area contributed by atoms with Gasteiger partial charge in [-0.05, 0) is 51.4 Å². The van der Waals surface area contributed by atoms with E-state index in [4.69, 9.17) is 18.9 Å². The molecule has 9 nitrogen and oxygen atoms in total. The second kappa shape index (κ2) is 57.7. The largest absolute Gasteiger partial charge is 0.477 e. The summed E-state index contributed by atoms with van der Waals surface area (Å²) in [6, 6.07) is 0. The first-order valence-electron chi connectivity index (χ1n) is 32.2. The van der Waals surface area contributed by atoms with Crippen LogP contribution >= 0.6 is 0 Å². The first-order chi connectivity index (χ1) is 36.6. The van der Waals surface area contributed by atoms with E-state index in [1.165, 1.54) is 231 Å². The normalized spacial score (nSPS) is 12.9. The van der Waals surface area contributed by atoms with Crippen molar-refractivity contribution in [2.75, 3.05) is 47.5 Å². The number of likely N-dealkylation sites (N-methyl/N-ethyl adjacent to an activating group) is 1. The van der Waals surface area contributed by atoms with Crippen molar-refractivity contribution in [3.05, 3.63) is 36.5 Å². The summed E-state index contributed by atoms with van der Waals surface area (Å²) in [5, 5.41) is 9.67. The molecule has 0 radical (unpaired) electrons. The van der Waals surface area contributed by atoms with Gasteiger partial charge in [0.05, 0.1) is 34.4 Å². The SMILES string of the molecule is CCCCCCC/C=C\C/C=C\C/C=C\CCCCCCCCCCCCCCCCCCCCCCCCCCCCC(=O)OC(COC(=O)CCCCCCCCCCC)COC(OCC[N+](C)(C)C)C(=O)O. The lowest BCUT2D eigenvalue weighted by atomic mass is 10.0. The van der Waals surface area contributed by atoms with Crippen molar-refractivity contribution in [2.45, 2.75) is 322 Å². The lowest BCUT2D eigenvalue weighted by Crippen LogP contribution is -2.40. The van der Waals surface area contributed by atoms with Crippen molar-refractivity contribution in [1.29, 1.82) is 0 Å². The third kappa shape index (κ3) is 59.0. The maximum Gasteiger partial charge on any atom is 0.361 e. The summed E-state index contributed by atoms with van der Waals surface area (Å²) < 4.78 is 22.8. The van der Waals surface area contributed by atoms with E-state index in [0.717, 1.165) is 51.4 Å². The summed E-state index contributed by atoms with van der Waals surface area (Å²) in [7, 11) is 5.97. The minimum atomic E-state index is -1.50. The number of carbonyl (C=O) groups excluding carboxylic acids is 2. The van der Waals surface area contributed by atoms with Gasteiger partial charge in [-0.25, -0.2) is 4.79 Å². The number of carbonyl (C=O) groups is 3. The van der Waals surface area contributed by atoms with Crippen LogP contribution in [0.4, 0.5) is 0 Å². The molecule has 0 amide bonds. The summed E-state index contributed by atoms with van der Waals surface area (Å²) in [5.74, 6) is -1.99. The quantitative estimate of drug-likeness (QED) is 0.0211. The van der Waals surface area contributed by atoms with Crippen LogP contribution < -0.4 is 0 Å². The topological polar surface area (TPSA) is 108 Å². The standard InChI is InChI=1S/C66H123NO8/c1-6-8-10-12-14-16-17-18-19-20-21-22-23-24-25-26-27-28-29-30-31-32-33-34-35-36-37-38-39-40-41-42-43-44-45-46-47-49-51-53-55-57-64(69)75-62(61-74-66(65(70)71)72-59-58-67(3,4)5)60-73-63(68)56-54-52-50-48-15-13-11-9-7-2/h17-18,20-21,23-24,62,66H,6-16,19,22,25-61H2,1-5H3/p+1/b18-17-,21-20-,24-23-. The Balaban J connectivity index is 3.83. The van der Waals surface area contributed by atoms with Gasteiger partial charge in [-0.1, -0.05) is 281 Å². The molecule has 0 saturated heterocycles. The molecule has 2 unspecified atom stereocenters. The van der Waals surface area contributed by atoms with Crippen molar-refractivity contribution in [1.82, 2.24) is 0 Å². The Hall–Kier alpha value is -2.49. The van der Waals surface area contributed by atoms with Crippen LogP contribution in [-0.2, 0) is 33.3 Å². The van der Waals surface area contributed by atoms with Crippen molar-refractivity contribution >= 4 is 17.9 Å². The van der Waals surface area contributed by atoms with Crippen LogP contribution in [0.1, 0.15) is 309 Å². The number of nitrogens with zero attached hydrogens (tertiary/aromatic N) is 1. The van der Waals surface area contributed by atoms with Crippen LogP contribution in [0.3, 0.4) is 0 Å². The Bertz CT molecular complexity index is 1320. The van der Waals surface area contributed by atoms with Gasteiger partial charge in [0, 0.05) is 12.8 Å². The number of aliphatic carboxylic acids is 1. The number of carboxylic acid groups (broad SMARTS) is 1. The molecular formula is C66H124NO8+. The van der Waals surface area contributed by atoms with Gasteiger partial charge in [0.15, 0.2) is 6.10 Å². The fraction of sp³-hybridized carbons (Fsp3) is 0.864. The molecule has 0 spiro atoms. The Labute approximate surface area is 464 Å². The van der Waals surface area contributed by atoms with Gasteiger partial charge in [-0.3, -0.25) is 9.59 Å². The third-order valence-corrected chi connectivity index (χ3v) is 14.4. The van der Waals surface area contributed by atoms with Gasteiger partial charge in [-0.2, -0.15) is 0 Å². The first kappa shape index (κ1) is 72.5. The zero-order valence-electron chi connectivity index (χ0n) is 50.2. The molecule has 0 aromatic heterocycles. The monoisotopic (exact) mass is 1060 g/mol. The average Bonchev–Trinajstić information content (AvgIpc) is 3.38. The van der Waals surface area contributed by atoms with Gasteiger partial charge in [0.25, 0.3) is 6.29 Å². The summed E-state index contributed by atoms with van der Waals surface area (Å²) >= 11 is 0. The lowest BCUT2D eigenvalue weighted by molar-refractivity contribution is -0.870. The number of allylic oxidation sites excluding steroid dienone is 6. The maximum atomic E-state index is 12.8. The highest BCUT2D eigenvalue weighted by Gasteiger charge is 2.25. The molecular weight excluding hydrogens is 935 g/mol. The Morgan fingerprint density at radius 2 is 0.720 bits per heavy atom. The van der Waals surface area contributed by atoms with E-state index in [1.54, 1.807) is 0 Å². The lowest BCUT2D eigenvalue weighted by Gasteiger charge is -2.25. The van der Waals surface area contributed by atoms with Gasteiger partial charge in [0.1, 0.15) is 13.2 Å². The van der Waals surface area contributed by atoms with Gasteiger partial charge >= 0.3 is 17.9 Å². The molecule has 1 N–H and O–H groups in total. The van der Waals surface area contributed by atoms with Gasteiger partial charge < -0.3 is 28.5 Å². The number of rotatable bonds is 60. The van der Waals surface area contributed by atoms with Crippen LogP contribution in [0.25, 0.3) is 0 Å². The molecule has 0 aliphatic rings. The summed E-state index contributed by atoms with van der Waals surface area (Å²) in [4.78, 5) is 37.2. The minimum absolute atomic E-state index is 0.176. The zero-order valence-corrected chi connectivity index (χ0v) is 50.2. The first-order valence-corrected chi connectivity index (χ1v) is 32.2. The maximum absolute atomic E-state index is 12.8. The molecule has 0 aromatic rings. The molecule has 0 aliphatic carbocycles. The molecule has 2 atom stereocenters. The number of carboxylic acids is 1. The van der Waals surface area contributed by atoms with Crippen molar-refractivity contribution in [2.24, 2.45) is 0 Å². The van der Waals surface area contributed by atoms with Gasteiger partial charge in [0.2, 0.25) is 0 Å². The van der Waals surface area contributed by atoms with Crippen LogP contribution in [0, 0.1) is 0 Å².